The van der Waals surface area contributed by atoms with Crippen LogP contribution in [0.5, 0.6) is 0 Å². The molecule has 2 aromatic rings. The summed E-state index contributed by atoms with van der Waals surface area (Å²) in [5.74, 6) is -0.506. The largest absolute Gasteiger partial charge is 0.384 e. The predicted octanol–water partition coefficient (Wildman–Crippen LogP) is -0.168. The van der Waals surface area contributed by atoms with Crippen LogP contribution in [-0.2, 0) is 9.59 Å². The standard InChI is InChI=1S/C11H11N5O2/c12-8-3-4-13-9-5-7(15-16(8)9)6-1-2-10(17)14-11(6)18/h3-6H,1-2,12H2,(H,14,17,18). The SMILES string of the molecule is Nc1ccnc2cc(C3CCC(=O)NC3=O)nn12. The average molecular weight is 245 g/mol. The number of carbonyl (C=O) groups is 2. The minimum Gasteiger partial charge on any atom is -0.384 e. The Hall–Kier alpha value is -2.44. The van der Waals surface area contributed by atoms with Crippen molar-refractivity contribution in [2.45, 2.75) is 18.8 Å². The van der Waals surface area contributed by atoms with Crippen molar-refractivity contribution in [1.29, 1.82) is 0 Å². The third-order valence-corrected chi connectivity index (χ3v) is 3.00. The number of carbonyl (C=O) groups excluding carboxylic acids is 2. The first kappa shape index (κ1) is 10.7. The maximum atomic E-state index is 11.7. The summed E-state index contributed by atoms with van der Waals surface area (Å²) in [7, 11) is 0. The number of anilines is 1. The first-order valence-corrected chi connectivity index (χ1v) is 5.59. The molecule has 1 aliphatic heterocycles. The van der Waals surface area contributed by atoms with Crippen LogP contribution in [0.1, 0.15) is 24.5 Å². The highest BCUT2D eigenvalue weighted by atomic mass is 16.2. The highest BCUT2D eigenvalue weighted by Crippen LogP contribution is 2.24. The van der Waals surface area contributed by atoms with E-state index in [2.05, 4.69) is 15.4 Å². The van der Waals surface area contributed by atoms with E-state index in [1.807, 2.05) is 0 Å². The van der Waals surface area contributed by atoms with Crippen LogP contribution < -0.4 is 11.1 Å². The molecular weight excluding hydrogens is 234 g/mol. The molecule has 0 aliphatic carbocycles. The Morgan fingerprint density at radius 2 is 2.28 bits per heavy atom. The Kier molecular flexibility index (Phi) is 2.26. The molecule has 18 heavy (non-hydrogen) atoms. The number of imide groups is 1. The number of nitrogens with two attached hydrogens (primary N) is 1. The molecule has 1 unspecified atom stereocenters. The Morgan fingerprint density at radius 3 is 3.00 bits per heavy atom. The molecule has 0 radical (unpaired) electrons. The second kappa shape index (κ2) is 3.80. The van der Waals surface area contributed by atoms with Crippen molar-refractivity contribution in [2.75, 3.05) is 5.73 Å². The molecule has 0 spiro atoms. The normalized spacial score (nSPS) is 20.1. The predicted molar refractivity (Wildman–Crippen MR) is 62.5 cm³/mol. The molecule has 3 heterocycles. The van der Waals surface area contributed by atoms with Gasteiger partial charge in [-0.2, -0.15) is 9.61 Å². The number of aromatic nitrogens is 3. The molecule has 1 aliphatic rings. The lowest BCUT2D eigenvalue weighted by atomic mass is 9.95. The third kappa shape index (κ3) is 1.60. The van der Waals surface area contributed by atoms with Crippen molar-refractivity contribution >= 4 is 23.3 Å². The Morgan fingerprint density at radius 1 is 1.44 bits per heavy atom. The van der Waals surface area contributed by atoms with Gasteiger partial charge in [-0.05, 0) is 12.5 Å². The van der Waals surface area contributed by atoms with Crippen LogP contribution in [0.15, 0.2) is 18.3 Å². The molecule has 0 saturated carbocycles. The van der Waals surface area contributed by atoms with E-state index in [1.54, 1.807) is 18.3 Å². The Labute approximate surface area is 102 Å². The summed E-state index contributed by atoms with van der Waals surface area (Å²) >= 11 is 0. The smallest absolute Gasteiger partial charge is 0.235 e. The molecule has 7 nitrogen and oxygen atoms in total. The summed E-state index contributed by atoms with van der Waals surface area (Å²) in [6, 6.07) is 3.35. The van der Waals surface area contributed by atoms with Gasteiger partial charge in [-0.1, -0.05) is 0 Å². The van der Waals surface area contributed by atoms with Crippen LogP contribution >= 0.6 is 0 Å². The van der Waals surface area contributed by atoms with Crippen molar-refractivity contribution < 1.29 is 9.59 Å². The van der Waals surface area contributed by atoms with E-state index in [-0.39, 0.29) is 11.8 Å². The summed E-state index contributed by atoms with van der Waals surface area (Å²) in [5.41, 5.74) is 6.94. The molecule has 3 N–H and O–H groups in total. The summed E-state index contributed by atoms with van der Waals surface area (Å²) in [6.45, 7) is 0. The van der Waals surface area contributed by atoms with Gasteiger partial charge in [0, 0.05) is 18.7 Å². The number of nitrogen functional groups attached to an aromatic ring is 1. The van der Waals surface area contributed by atoms with Crippen LogP contribution in [0.25, 0.3) is 5.65 Å². The van der Waals surface area contributed by atoms with Gasteiger partial charge < -0.3 is 5.73 Å². The molecule has 2 aromatic heterocycles. The zero-order chi connectivity index (χ0) is 12.7. The van der Waals surface area contributed by atoms with E-state index < -0.39 is 5.92 Å². The monoisotopic (exact) mass is 245 g/mol. The number of hydrogen-bond acceptors (Lipinski definition) is 5. The Bertz CT molecular complexity index is 648. The van der Waals surface area contributed by atoms with Gasteiger partial charge in [-0.3, -0.25) is 14.9 Å². The molecule has 7 heteroatoms. The van der Waals surface area contributed by atoms with Gasteiger partial charge in [0.25, 0.3) is 0 Å². The first-order chi connectivity index (χ1) is 8.65. The van der Waals surface area contributed by atoms with E-state index in [0.717, 1.165) is 0 Å². The van der Waals surface area contributed by atoms with Crippen molar-refractivity contribution in [2.24, 2.45) is 0 Å². The van der Waals surface area contributed by atoms with Crippen LogP contribution in [-0.4, -0.2) is 26.4 Å². The fraction of sp³-hybridized carbons (Fsp3) is 0.273. The van der Waals surface area contributed by atoms with Gasteiger partial charge >= 0.3 is 0 Å². The third-order valence-electron chi connectivity index (χ3n) is 3.00. The van der Waals surface area contributed by atoms with Crippen molar-refractivity contribution in [3.8, 4) is 0 Å². The molecule has 2 amide bonds. The van der Waals surface area contributed by atoms with Crippen LogP contribution in [0.4, 0.5) is 5.82 Å². The van der Waals surface area contributed by atoms with Gasteiger partial charge in [0.15, 0.2) is 5.65 Å². The number of nitrogens with zero attached hydrogens (tertiary/aromatic N) is 3. The van der Waals surface area contributed by atoms with Gasteiger partial charge in [0.1, 0.15) is 5.82 Å². The summed E-state index contributed by atoms with van der Waals surface area (Å²) in [5, 5.41) is 6.58. The first-order valence-electron chi connectivity index (χ1n) is 5.59. The minimum atomic E-state index is -0.413. The zero-order valence-corrected chi connectivity index (χ0v) is 9.46. The quantitative estimate of drug-likeness (QED) is 0.679. The van der Waals surface area contributed by atoms with Crippen LogP contribution in [0.3, 0.4) is 0 Å². The van der Waals surface area contributed by atoms with Crippen LogP contribution in [0, 0.1) is 0 Å². The fourth-order valence-corrected chi connectivity index (χ4v) is 2.08. The van der Waals surface area contributed by atoms with E-state index in [4.69, 9.17) is 5.73 Å². The lowest BCUT2D eigenvalue weighted by Gasteiger charge is -2.18. The number of piperidine rings is 1. The molecule has 0 aromatic carbocycles. The number of rotatable bonds is 1. The minimum absolute atomic E-state index is 0.238. The van der Waals surface area contributed by atoms with Gasteiger partial charge in [0.2, 0.25) is 11.8 Å². The molecule has 0 bridgehead atoms. The fourth-order valence-electron chi connectivity index (χ4n) is 2.08. The maximum Gasteiger partial charge on any atom is 0.235 e. The molecular formula is C11H11N5O2. The van der Waals surface area contributed by atoms with Gasteiger partial charge in [-0.25, -0.2) is 4.98 Å². The lowest BCUT2D eigenvalue weighted by Crippen LogP contribution is -2.39. The van der Waals surface area contributed by atoms with E-state index in [9.17, 15) is 9.59 Å². The van der Waals surface area contributed by atoms with Crippen molar-refractivity contribution in [3.05, 3.63) is 24.0 Å². The van der Waals surface area contributed by atoms with Crippen molar-refractivity contribution in [1.82, 2.24) is 19.9 Å². The van der Waals surface area contributed by atoms with E-state index >= 15 is 0 Å². The maximum absolute atomic E-state index is 11.7. The number of fused-ring (bicyclic) bond motifs is 1. The second-order valence-corrected chi connectivity index (χ2v) is 4.21. The highest BCUT2D eigenvalue weighted by Gasteiger charge is 2.30. The van der Waals surface area contributed by atoms with Gasteiger partial charge in [0.05, 0.1) is 11.6 Å². The van der Waals surface area contributed by atoms with Crippen LogP contribution in [0.2, 0.25) is 0 Å². The summed E-state index contributed by atoms with van der Waals surface area (Å²) < 4.78 is 1.49. The van der Waals surface area contributed by atoms with Crippen molar-refractivity contribution in [3.63, 3.8) is 0 Å². The number of amides is 2. The molecule has 1 saturated heterocycles. The lowest BCUT2D eigenvalue weighted by molar-refractivity contribution is -0.134. The molecule has 92 valence electrons. The molecule has 1 atom stereocenters. The average Bonchev–Trinajstić information content (AvgIpc) is 2.74. The second-order valence-electron chi connectivity index (χ2n) is 4.21. The summed E-state index contributed by atoms with van der Waals surface area (Å²) in [6.07, 6.45) is 2.38. The number of hydrogen-bond donors (Lipinski definition) is 2. The number of nitrogens with one attached hydrogen (secondary N) is 1. The van der Waals surface area contributed by atoms with Gasteiger partial charge in [-0.15, -0.1) is 0 Å². The summed E-state index contributed by atoms with van der Waals surface area (Å²) in [4.78, 5) is 26.9. The van der Waals surface area contributed by atoms with E-state index in [1.165, 1.54) is 4.52 Å². The van der Waals surface area contributed by atoms with E-state index in [0.29, 0.717) is 30.0 Å². The highest BCUT2D eigenvalue weighted by molar-refractivity contribution is 6.00. The molecule has 3 rings (SSSR count). The zero-order valence-electron chi connectivity index (χ0n) is 9.46. The molecule has 1 fully saturated rings. The Balaban J connectivity index is 2.02. The topological polar surface area (TPSA) is 102 Å².